The highest BCUT2D eigenvalue weighted by molar-refractivity contribution is 5.97. The Balaban J connectivity index is 1.59. The zero-order valence-corrected chi connectivity index (χ0v) is 13.7. The van der Waals surface area contributed by atoms with Gasteiger partial charge in [-0.3, -0.25) is 4.79 Å². The van der Waals surface area contributed by atoms with Crippen LogP contribution in [0.15, 0.2) is 22.7 Å². The molecule has 0 unspecified atom stereocenters. The van der Waals surface area contributed by atoms with Crippen LogP contribution < -0.4 is 5.32 Å². The minimum Gasteiger partial charge on any atom is -0.381 e. The van der Waals surface area contributed by atoms with Crippen molar-refractivity contribution in [3.63, 3.8) is 0 Å². The first kappa shape index (κ1) is 15.7. The summed E-state index contributed by atoms with van der Waals surface area (Å²) in [5, 5.41) is 17.4. The fraction of sp³-hybridized carbons (Fsp3) is 0.438. The van der Waals surface area contributed by atoms with Crippen LogP contribution >= 0.6 is 0 Å². The predicted octanol–water partition coefficient (Wildman–Crippen LogP) is 1.55. The summed E-state index contributed by atoms with van der Waals surface area (Å²) < 4.78 is 10.8. The van der Waals surface area contributed by atoms with Crippen molar-refractivity contribution >= 4 is 16.9 Å². The highest BCUT2D eigenvalue weighted by Gasteiger charge is 2.31. The van der Waals surface area contributed by atoms with Crippen LogP contribution in [-0.4, -0.2) is 44.7 Å². The number of amides is 1. The smallest absolute Gasteiger partial charge is 0.252 e. The predicted molar refractivity (Wildman–Crippen MR) is 86.7 cm³/mol. The number of aryl methyl sites for hydroxylation is 1. The largest absolute Gasteiger partial charge is 0.381 e. The molecule has 1 aromatic carbocycles. The Kier molecular flexibility index (Phi) is 4.14. The second-order valence-electron chi connectivity index (χ2n) is 6.11. The number of carbonyl (C=O) groups excluding carboxylic acids is 1. The molecule has 1 atom stereocenters. The number of aromatic amines is 1. The number of nitrogens with zero attached hydrogens (tertiary/aromatic N) is 4. The number of nitrogens with one attached hydrogen (secondary N) is 2. The Morgan fingerprint density at radius 3 is 2.84 bits per heavy atom. The Morgan fingerprint density at radius 1 is 1.28 bits per heavy atom. The van der Waals surface area contributed by atoms with E-state index < -0.39 is 0 Å². The van der Waals surface area contributed by atoms with Gasteiger partial charge in [0.1, 0.15) is 17.1 Å². The quantitative estimate of drug-likeness (QED) is 0.738. The maximum atomic E-state index is 12.8. The highest BCUT2D eigenvalue weighted by Crippen LogP contribution is 2.29. The monoisotopic (exact) mass is 342 g/mol. The van der Waals surface area contributed by atoms with Gasteiger partial charge in [-0.2, -0.15) is 20.4 Å². The van der Waals surface area contributed by atoms with E-state index in [2.05, 4.69) is 30.9 Å². The molecule has 2 aromatic heterocycles. The van der Waals surface area contributed by atoms with E-state index in [9.17, 15) is 4.79 Å². The molecule has 25 heavy (non-hydrogen) atoms. The van der Waals surface area contributed by atoms with Crippen LogP contribution in [0.3, 0.4) is 0 Å². The Bertz CT molecular complexity index is 883. The number of rotatable bonds is 4. The number of ether oxygens (including phenoxy) is 1. The topological polar surface area (TPSA) is 119 Å². The van der Waals surface area contributed by atoms with E-state index in [1.165, 1.54) is 0 Å². The molecule has 0 aliphatic carbocycles. The molecule has 1 amide bonds. The summed E-state index contributed by atoms with van der Waals surface area (Å²) in [5.74, 6) is 0.955. The van der Waals surface area contributed by atoms with Crippen molar-refractivity contribution in [1.29, 1.82) is 0 Å². The summed E-state index contributed by atoms with van der Waals surface area (Å²) in [6.07, 6.45) is 1.66. The Labute approximate surface area is 143 Å². The standard InChI is InChI=1S/C16H18N6O3/c1-9-17-16(25-21-9)14(10-4-6-24-7-5-10)18-15(23)11-2-3-12-13(8-11)20-22-19-12/h2-3,8,10,14H,4-7H2,1H3,(H,18,23)(H,19,20,22)/t14-/m0/s1. The number of H-pyrrole nitrogens is 1. The Morgan fingerprint density at radius 2 is 2.08 bits per heavy atom. The van der Waals surface area contributed by atoms with Crippen LogP contribution in [0.4, 0.5) is 0 Å². The van der Waals surface area contributed by atoms with Crippen LogP contribution in [0.25, 0.3) is 11.0 Å². The summed E-state index contributed by atoms with van der Waals surface area (Å²) >= 11 is 0. The third-order valence-corrected chi connectivity index (χ3v) is 4.41. The Hall–Kier alpha value is -2.81. The lowest BCUT2D eigenvalue weighted by Gasteiger charge is -2.28. The average Bonchev–Trinajstić information content (AvgIpc) is 3.28. The zero-order valence-electron chi connectivity index (χ0n) is 13.7. The van der Waals surface area contributed by atoms with Gasteiger partial charge in [-0.1, -0.05) is 5.16 Å². The van der Waals surface area contributed by atoms with Crippen molar-refractivity contribution in [2.45, 2.75) is 25.8 Å². The van der Waals surface area contributed by atoms with Gasteiger partial charge >= 0.3 is 0 Å². The molecule has 1 saturated heterocycles. The zero-order chi connectivity index (χ0) is 17.2. The summed E-state index contributed by atoms with van der Waals surface area (Å²) in [5.41, 5.74) is 1.86. The van der Waals surface area contributed by atoms with E-state index in [0.717, 1.165) is 12.8 Å². The number of fused-ring (bicyclic) bond motifs is 1. The number of benzene rings is 1. The molecule has 3 aromatic rings. The van der Waals surface area contributed by atoms with Crippen molar-refractivity contribution in [3.8, 4) is 0 Å². The lowest BCUT2D eigenvalue weighted by atomic mass is 9.91. The van der Waals surface area contributed by atoms with Crippen LogP contribution in [0.2, 0.25) is 0 Å². The molecule has 0 bridgehead atoms. The minimum atomic E-state index is -0.342. The third kappa shape index (κ3) is 3.22. The normalized spacial score (nSPS) is 16.8. The van der Waals surface area contributed by atoms with Gasteiger partial charge in [-0.05, 0) is 43.9 Å². The fourth-order valence-electron chi connectivity index (χ4n) is 3.08. The molecule has 2 N–H and O–H groups in total. The van der Waals surface area contributed by atoms with Crippen molar-refractivity contribution in [3.05, 3.63) is 35.5 Å². The van der Waals surface area contributed by atoms with Crippen LogP contribution in [0, 0.1) is 12.8 Å². The van der Waals surface area contributed by atoms with E-state index in [0.29, 0.717) is 41.5 Å². The first-order valence-corrected chi connectivity index (χ1v) is 8.20. The van der Waals surface area contributed by atoms with Crippen LogP contribution in [-0.2, 0) is 4.74 Å². The van der Waals surface area contributed by atoms with Crippen LogP contribution in [0.5, 0.6) is 0 Å². The molecule has 3 heterocycles. The molecular weight excluding hydrogens is 324 g/mol. The number of carbonyl (C=O) groups is 1. The molecule has 1 aliphatic heterocycles. The van der Waals surface area contributed by atoms with E-state index in [1.807, 2.05) is 0 Å². The van der Waals surface area contributed by atoms with Crippen LogP contribution in [0.1, 0.15) is 41.0 Å². The lowest BCUT2D eigenvalue weighted by Crippen LogP contribution is -2.36. The molecule has 1 fully saturated rings. The molecular formula is C16H18N6O3. The maximum Gasteiger partial charge on any atom is 0.252 e. The highest BCUT2D eigenvalue weighted by atomic mass is 16.5. The average molecular weight is 342 g/mol. The maximum absolute atomic E-state index is 12.8. The van der Waals surface area contributed by atoms with Gasteiger partial charge < -0.3 is 14.6 Å². The molecule has 130 valence electrons. The summed E-state index contributed by atoms with van der Waals surface area (Å²) in [6, 6.07) is 4.84. The minimum absolute atomic E-state index is 0.188. The van der Waals surface area contributed by atoms with Crippen molar-refractivity contribution < 1.29 is 14.1 Å². The van der Waals surface area contributed by atoms with Crippen molar-refractivity contribution in [1.82, 2.24) is 30.9 Å². The first-order valence-electron chi connectivity index (χ1n) is 8.20. The molecule has 4 rings (SSSR count). The molecule has 9 heteroatoms. The van der Waals surface area contributed by atoms with E-state index >= 15 is 0 Å². The second-order valence-corrected chi connectivity index (χ2v) is 6.11. The van der Waals surface area contributed by atoms with Gasteiger partial charge in [0.15, 0.2) is 5.82 Å². The SMILES string of the molecule is Cc1noc([C@@H](NC(=O)c2ccc3n[nH]nc3c2)C2CCOCC2)n1. The number of hydrogen-bond acceptors (Lipinski definition) is 7. The molecule has 0 radical (unpaired) electrons. The number of aromatic nitrogens is 5. The molecule has 1 aliphatic rings. The van der Waals surface area contributed by atoms with Gasteiger partial charge in [0, 0.05) is 18.8 Å². The first-order chi connectivity index (χ1) is 12.2. The van der Waals surface area contributed by atoms with Gasteiger partial charge in [-0.25, -0.2) is 0 Å². The second kappa shape index (κ2) is 6.60. The van der Waals surface area contributed by atoms with Crippen molar-refractivity contribution in [2.24, 2.45) is 5.92 Å². The van der Waals surface area contributed by atoms with Gasteiger partial charge in [-0.15, -0.1) is 0 Å². The summed E-state index contributed by atoms with van der Waals surface area (Å²) in [7, 11) is 0. The van der Waals surface area contributed by atoms with E-state index in [-0.39, 0.29) is 17.9 Å². The van der Waals surface area contributed by atoms with Gasteiger partial charge in [0.05, 0.1) is 0 Å². The van der Waals surface area contributed by atoms with Gasteiger partial charge in [0.2, 0.25) is 5.89 Å². The summed E-state index contributed by atoms with van der Waals surface area (Å²) in [4.78, 5) is 17.1. The summed E-state index contributed by atoms with van der Waals surface area (Å²) in [6.45, 7) is 3.08. The fourth-order valence-corrected chi connectivity index (χ4v) is 3.08. The molecule has 0 saturated carbocycles. The van der Waals surface area contributed by atoms with E-state index in [4.69, 9.17) is 9.26 Å². The van der Waals surface area contributed by atoms with Crippen molar-refractivity contribution in [2.75, 3.05) is 13.2 Å². The van der Waals surface area contributed by atoms with E-state index in [1.54, 1.807) is 25.1 Å². The number of hydrogen-bond donors (Lipinski definition) is 2. The lowest BCUT2D eigenvalue weighted by molar-refractivity contribution is 0.0468. The molecule has 0 spiro atoms. The molecule has 9 nitrogen and oxygen atoms in total. The third-order valence-electron chi connectivity index (χ3n) is 4.41. The van der Waals surface area contributed by atoms with Gasteiger partial charge in [0.25, 0.3) is 5.91 Å².